The molecule has 118 valence electrons. The van der Waals surface area contributed by atoms with E-state index in [1.165, 1.54) is 0 Å². The van der Waals surface area contributed by atoms with Crippen LogP contribution in [-0.2, 0) is 4.74 Å². The van der Waals surface area contributed by atoms with Crippen molar-refractivity contribution in [2.24, 2.45) is 0 Å². The van der Waals surface area contributed by atoms with Crippen LogP contribution in [0.4, 0.5) is 11.4 Å². The number of nitrogens with one attached hydrogen (secondary N) is 1. The van der Waals surface area contributed by atoms with E-state index in [-0.39, 0.29) is 6.10 Å². The van der Waals surface area contributed by atoms with Gasteiger partial charge in [-0.2, -0.15) is 0 Å². The molecule has 0 aromatic heterocycles. The van der Waals surface area contributed by atoms with Crippen LogP contribution in [0.2, 0.25) is 0 Å². The summed E-state index contributed by atoms with van der Waals surface area (Å²) in [6, 6.07) is 5.88. The maximum atomic E-state index is 6.14. The van der Waals surface area contributed by atoms with Crippen molar-refractivity contribution in [1.29, 1.82) is 0 Å². The quantitative estimate of drug-likeness (QED) is 0.596. The van der Waals surface area contributed by atoms with Gasteiger partial charge in [0.2, 0.25) is 0 Å². The van der Waals surface area contributed by atoms with Crippen molar-refractivity contribution >= 4 is 11.4 Å². The number of benzene rings is 1. The number of anilines is 2. The van der Waals surface area contributed by atoms with Crippen molar-refractivity contribution in [2.45, 2.75) is 26.4 Å². The van der Waals surface area contributed by atoms with Gasteiger partial charge in [-0.25, -0.2) is 0 Å². The normalized spacial score (nSPS) is 16.1. The Morgan fingerprint density at radius 3 is 2.81 bits per heavy atom. The van der Waals surface area contributed by atoms with E-state index in [2.05, 4.69) is 10.2 Å². The smallest absolute Gasteiger partial charge is 0.144 e. The Morgan fingerprint density at radius 1 is 1.33 bits per heavy atom. The topological polar surface area (TPSA) is 59.8 Å². The van der Waals surface area contributed by atoms with Crippen LogP contribution >= 0.6 is 0 Å². The van der Waals surface area contributed by atoms with Gasteiger partial charge in [0.15, 0.2) is 0 Å². The highest BCUT2D eigenvalue weighted by atomic mass is 16.5. The van der Waals surface area contributed by atoms with Gasteiger partial charge < -0.3 is 20.5 Å². The summed E-state index contributed by atoms with van der Waals surface area (Å²) in [5.74, 6) is 0.753. The first-order valence-corrected chi connectivity index (χ1v) is 7.76. The zero-order valence-electron chi connectivity index (χ0n) is 13.1. The summed E-state index contributed by atoms with van der Waals surface area (Å²) in [6.07, 6.45) is 1.22. The molecule has 0 saturated carbocycles. The van der Waals surface area contributed by atoms with E-state index >= 15 is 0 Å². The fraction of sp³-hybridized carbons (Fsp3) is 0.625. The molecule has 0 radical (unpaired) electrons. The molecule has 2 rings (SSSR count). The molecule has 1 heterocycles. The maximum Gasteiger partial charge on any atom is 0.144 e. The predicted molar refractivity (Wildman–Crippen MR) is 87.0 cm³/mol. The molecule has 0 spiro atoms. The molecule has 0 amide bonds. The van der Waals surface area contributed by atoms with Crippen molar-refractivity contribution < 1.29 is 9.47 Å². The summed E-state index contributed by atoms with van der Waals surface area (Å²) in [6.45, 7) is 9.80. The lowest BCUT2D eigenvalue weighted by molar-refractivity contribution is 0.0378. The molecule has 1 aromatic rings. The van der Waals surface area contributed by atoms with E-state index in [4.69, 9.17) is 15.2 Å². The largest absolute Gasteiger partial charge is 0.489 e. The van der Waals surface area contributed by atoms with Crippen LogP contribution in [-0.4, -0.2) is 50.4 Å². The molecule has 0 bridgehead atoms. The van der Waals surface area contributed by atoms with Gasteiger partial charge >= 0.3 is 0 Å². The minimum atomic E-state index is 0.129. The second-order valence-corrected chi connectivity index (χ2v) is 5.62. The Labute approximate surface area is 127 Å². The highest BCUT2D eigenvalue weighted by Crippen LogP contribution is 2.29. The minimum absolute atomic E-state index is 0.129. The molecule has 0 aliphatic carbocycles. The van der Waals surface area contributed by atoms with E-state index in [9.17, 15) is 0 Å². The number of morpholine rings is 1. The lowest BCUT2D eigenvalue weighted by atomic mass is 10.2. The Bertz CT molecular complexity index is 432. The van der Waals surface area contributed by atoms with Gasteiger partial charge in [0, 0.05) is 19.6 Å². The molecule has 1 aromatic carbocycles. The minimum Gasteiger partial charge on any atom is -0.489 e. The standard InChI is InChI=1S/C16H27N3O2/c1-13(2)21-15-6-3-5-14(16(15)17)18-7-4-8-19-9-11-20-12-10-19/h3,5-6,13,18H,4,7-12,17H2,1-2H3. The van der Waals surface area contributed by atoms with E-state index in [0.717, 1.165) is 57.3 Å². The summed E-state index contributed by atoms with van der Waals surface area (Å²) in [5, 5.41) is 3.40. The predicted octanol–water partition coefficient (Wildman–Crippen LogP) is 2.19. The van der Waals surface area contributed by atoms with Gasteiger partial charge in [-0.3, -0.25) is 4.90 Å². The van der Waals surface area contributed by atoms with Crippen LogP contribution < -0.4 is 15.8 Å². The summed E-state index contributed by atoms with van der Waals surface area (Å²) >= 11 is 0. The van der Waals surface area contributed by atoms with Gasteiger partial charge in [0.1, 0.15) is 5.75 Å². The zero-order chi connectivity index (χ0) is 15.1. The van der Waals surface area contributed by atoms with Crippen molar-refractivity contribution in [2.75, 3.05) is 50.4 Å². The van der Waals surface area contributed by atoms with Crippen molar-refractivity contribution in [3.05, 3.63) is 18.2 Å². The molecule has 21 heavy (non-hydrogen) atoms. The van der Waals surface area contributed by atoms with E-state index in [1.54, 1.807) is 0 Å². The van der Waals surface area contributed by atoms with Gasteiger partial charge in [0.25, 0.3) is 0 Å². The molecule has 1 aliphatic rings. The lowest BCUT2D eigenvalue weighted by Crippen LogP contribution is -2.37. The summed E-state index contributed by atoms with van der Waals surface area (Å²) in [7, 11) is 0. The molecule has 0 atom stereocenters. The Kier molecular flexibility index (Phi) is 6.14. The summed E-state index contributed by atoms with van der Waals surface area (Å²) in [5.41, 5.74) is 7.79. The second-order valence-electron chi connectivity index (χ2n) is 5.62. The van der Waals surface area contributed by atoms with Gasteiger partial charge in [-0.1, -0.05) is 6.07 Å². The van der Waals surface area contributed by atoms with Gasteiger partial charge in [-0.05, 0) is 38.9 Å². The van der Waals surface area contributed by atoms with Crippen molar-refractivity contribution in [3.8, 4) is 5.75 Å². The molecule has 1 saturated heterocycles. The summed E-state index contributed by atoms with van der Waals surface area (Å²) in [4.78, 5) is 2.44. The molecule has 5 heteroatoms. The van der Waals surface area contributed by atoms with E-state index < -0.39 is 0 Å². The fourth-order valence-corrected chi connectivity index (χ4v) is 2.41. The molecule has 0 unspecified atom stereocenters. The van der Waals surface area contributed by atoms with E-state index in [0.29, 0.717) is 5.69 Å². The SMILES string of the molecule is CC(C)Oc1cccc(NCCCN2CCOCC2)c1N. The third-order valence-corrected chi connectivity index (χ3v) is 3.50. The van der Waals surface area contributed by atoms with Crippen LogP contribution in [0, 0.1) is 0 Å². The average Bonchev–Trinajstić information content (AvgIpc) is 2.48. The maximum absolute atomic E-state index is 6.14. The summed E-state index contributed by atoms with van der Waals surface area (Å²) < 4.78 is 11.0. The van der Waals surface area contributed by atoms with Crippen LogP contribution in [0.5, 0.6) is 5.75 Å². The Morgan fingerprint density at radius 2 is 2.10 bits per heavy atom. The zero-order valence-corrected chi connectivity index (χ0v) is 13.1. The molecular formula is C16H27N3O2. The number of nitrogens with zero attached hydrogens (tertiary/aromatic N) is 1. The molecule has 1 aliphatic heterocycles. The molecule has 5 nitrogen and oxygen atoms in total. The second kappa shape index (κ2) is 8.10. The van der Waals surface area contributed by atoms with Crippen LogP contribution in [0.1, 0.15) is 20.3 Å². The number of nitrogens with two attached hydrogens (primary N) is 1. The first-order chi connectivity index (χ1) is 10.2. The van der Waals surface area contributed by atoms with Gasteiger partial charge in [-0.15, -0.1) is 0 Å². The first-order valence-electron chi connectivity index (χ1n) is 7.76. The average molecular weight is 293 g/mol. The number of hydrogen-bond donors (Lipinski definition) is 2. The van der Waals surface area contributed by atoms with Crippen LogP contribution in [0.15, 0.2) is 18.2 Å². The van der Waals surface area contributed by atoms with E-state index in [1.807, 2.05) is 32.0 Å². The van der Waals surface area contributed by atoms with Crippen molar-refractivity contribution in [3.63, 3.8) is 0 Å². The van der Waals surface area contributed by atoms with Crippen molar-refractivity contribution in [1.82, 2.24) is 4.90 Å². The monoisotopic (exact) mass is 293 g/mol. The number of nitrogen functional groups attached to an aromatic ring is 1. The number of rotatable bonds is 7. The highest BCUT2D eigenvalue weighted by molar-refractivity contribution is 5.72. The molecule has 3 N–H and O–H groups in total. The Hall–Kier alpha value is -1.46. The third-order valence-electron chi connectivity index (χ3n) is 3.50. The lowest BCUT2D eigenvalue weighted by Gasteiger charge is -2.26. The molecule has 1 fully saturated rings. The number of hydrogen-bond acceptors (Lipinski definition) is 5. The highest BCUT2D eigenvalue weighted by Gasteiger charge is 2.10. The number of para-hydroxylation sites is 1. The Balaban J connectivity index is 1.77. The van der Waals surface area contributed by atoms with Crippen LogP contribution in [0.25, 0.3) is 0 Å². The third kappa shape index (κ3) is 5.10. The fourth-order valence-electron chi connectivity index (χ4n) is 2.41. The molecular weight excluding hydrogens is 266 g/mol. The van der Waals surface area contributed by atoms with Crippen LogP contribution in [0.3, 0.4) is 0 Å². The first kappa shape index (κ1) is 15.9. The number of ether oxygens (including phenoxy) is 2. The van der Waals surface area contributed by atoms with Gasteiger partial charge in [0.05, 0.1) is 30.7 Å².